The van der Waals surface area contributed by atoms with Crippen molar-refractivity contribution in [2.24, 2.45) is 0 Å². The molecule has 1 heterocycles. The molecule has 160 valence electrons. The highest BCUT2D eigenvalue weighted by atomic mass is 32.2. The van der Waals surface area contributed by atoms with E-state index in [9.17, 15) is 18.0 Å². The quantitative estimate of drug-likeness (QED) is 0.738. The number of benzene rings is 2. The summed E-state index contributed by atoms with van der Waals surface area (Å²) in [4.78, 5) is 24.2. The Balaban J connectivity index is 1.69. The molecule has 2 amide bonds. The van der Waals surface area contributed by atoms with Gasteiger partial charge in [-0.25, -0.2) is 8.42 Å². The maximum atomic E-state index is 13.1. The lowest BCUT2D eigenvalue weighted by Crippen LogP contribution is -2.51. The zero-order valence-corrected chi connectivity index (χ0v) is 18.0. The fourth-order valence-electron chi connectivity index (χ4n) is 3.52. The number of aryl methyl sites for hydroxylation is 1. The van der Waals surface area contributed by atoms with Crippen molar-refractivity contribution in [1.29, 1.82) is 0 Å². The predicted octanol–water partition coefficient (Wildman–Crippen LogP) is 2.81. The van der Waals surface area contributed by atoms with Crippen LogP contribution in [0.25, 0.3) is 0 Å². The number of anilines is 1. The van der Waals surface area contributed by atoms with Crippen molar-refractivity contribution in [2.45, 2.75) is 50.6 Å². The van der Waals surface area contributed by atoms with Crippen molar-refractivity contribution in [3.63, 3.8) is 0 Å². The van der Waals surface area contributed by atoms with Gasteiger partial charge in [-0.15, -0.1) is 0 Å². The van der Waals surface area contributed by atoms with Gasteiger partial charge in [0.2, 0.25) is 21.8 Å². The molecule has 0 aliphatic carbocycles. The molecule has 2 aromatic carbocycles. The van der Waals surface area contributed by atoms with Gasteiger partial charge in [-0.2, -0.15) is 4.31 Å². The Kier molecular flexibility index (Phi) is 6.89. The summed E-state index contributed by atoms with van der Waals surface area (Å²) in [6.45, 7) is 3.96. The number of rotatable bonds is 6. The molecule has 1 aliphatic heterocycles. The predicted molar refractivity (Wildman–Crippen MR) is 115 cm³/mol. The van der Waals surface area contributed by atoms with Crippen molar-refractivity contribution in [2.75, 3.05) is 11.9 Å². The molecular formula is C22H27N3O4S. The molecule has 0 bridgehead atoms. The van der Waals surface area contributed by atoms with Crippen molar-refractivity contribution in [1.82, 2.24) is 9.62 Å². The van der Waals surface area contributed by atoms with E-state index in [-0.39, 0.29) is 23.3 Å². The molecule has 1 fully saturated rings. The normalized spacial score (nSPS) is 17.3. The molecule has 0 aromatic heterocycles. The number of hydrogen-bond donors (Lipinski definition) is 2. The standard InChI is InChI=1S/C22H27N3O4S/c1-16-6-12-20(13-7-16)30(28,29)25-14-4-3-5-21(25)22(27)23-15-18-8-10-19(11-9-18)24-17(2)26/h6-13,21H,3-5,14-15H2,1-2H3,(H,23,27)(H,24,26)/t21-/m0/s1. The van der Waals surface area contributed by atoms with Crippen LogP contribution in [0, 0.1) is 6.92 Å². The molecule has 2 N–H and O–H groups in total. The van der Waals surface area contributed by atoms with Crippen LogP contribution < -0.4 is 10.6 Å². The first-order valence-corrected chi connectivity index (χ1v) is 11.4. The molecule has 1 aliphatic rings. The third kappa shape index (κ3) is 5.25. The molecule has 8 heteroatoms. The molecule has 0 radical (unpaired) electrons. The summed E-state index contributed by atoms with van der Waals surface area (Å²) in [5.41, 5.74) is 2.52. The average molecular weight is 430 g/mol. The average Bonchev–Trinajstić information content (AvgIpc) is 2.73. The molecule has 1 atom stereocenters. The minimum absolute atomic E-state index is 0.150. The summed E-state index contributed by atoms with van der Waals surface area (Å²) in [7, 11) is -3.74. The van der Waals surface area contributed by atoms with Gasteiger partial charge in [-0.3, -0.25) is 9.59 Å². The number of carbonyl (C=O) groups is 2. The highest BCUT2D eigenvalue weighted by Gasteiger charge is 2.37. The summed E-state index contributed by atoms with van der Waals surface area (Å²) < 4.78 is 27.6. The van der Waals surface area contributed by atoms with Crippen LogP contribution in [0.4, 0.5) is 5.69 Å². The van der Waals surface area contributed by atoms with E-state index in [1.807, 2.05) is 19.1 Å². The Labute approximate surface area is 177 Å². The Bertz CT molecular complexity index is 1000. The molecule has 7 nitrogen and oxygen atoms in total. The Morgan fingerprint density at radius 1 is 1.03 bits per heavy atom. The monoisotopic (exact) mass is 429 g/mol. The molecule has 3 rings (SSSR count). The highest BCUT2D eigenvalue weighted by molar-refractivity contribution is 7.89. The van der Waals surface area contributed by atoms with Crippen LogP contribution in [0.3, 0.4) is 0 Å². The fourth-order valence-corrected chi connectivity index (χ4v) is 5.17. The SMILES string of the molecule is CC(=O)Nc1ccc(CNC(=O)[C@@H]2CCCCN2S(=O)(=O)c2ccc(C)cc2)cc1. The van der Waals surface area contributed by atoms with Crippen LogP contribution >= 0.6 is 0 Å². The van der Waals surface area contributed by atoms with Crippen molar-refractivity contribution < 1.29 is 18.0 Å². The van der Waals surface area contributed by atoms with Crippen LogP contribution in [0.2, 0.25) is 0 Å². The molecule has 1 saturated heterocycles. The van der Waals surface area contributed by atoms with E-state index in [2.05, 4.69) is 10.6 Å². The van der Waals surface area contributed by atoms with Gasteiger partial charge in [0.15, 0.2) is 0 Å². The zero-order valence-electron chi connectivity index (χ0n) is 17.2. The number of piperidine rings is 1. The van der Waals surface area contributed by atoms with Crippen LogP contribution in [-0.2, 0) is 26.2 Å². The highest BCUT2D eigenvalue weighted by Crippen LogP contribution is 2.26. The second kappa shape index (κ2) is 9.40. The van der Waals surface area contributed by atoms with E-state index < -0.39 is 16.1 Å². The topological polar surface area (TPSA) is 95.6 Å². The second-order valence-electron chi connectivity index (χ2n) is 7.54. The molecule has 30 heavy (non-hydrogen) atoms. The number of carbonyl (C=O) groups excluding carboxylic acids is 2. The summed E-state index contributed by atoms with van der Waals surface area (Å²) in [6.07, 6.45) is 2.04. The maximum Gasteiger partial charge on any atom is 0.243 e. The number of sulfonamides is 1. The van der Waals surface area contributed by atoms with Crippen molar-refractivity contribution >= 4 is 27.5 Å². The summed E-state index contributed by atoms with van der Waals surface area (Å²) in [5, 5.41) is 5.55. The van der Waals surface area contributed by atoms with E-state index in [0.717, 1.165) is 24.0 Å². The third-order valence-corrected chi connectivity index (χ3v) is 7.05. The summed E-state index contributed by atoms with van der Waals surface area (Å²) in [5.74, 6) is -0.445. The van der Waals surface area contributed by atoms with Crippen LogP contribution in [0.15, 0.2) is 53.4 Å². The number of nitrogens with zero attached hydrogens (tertiary/aromatic N) is 1. The van der Waals surface area contributed by atoms with Gasteiger partial charge >= 0.3 is 0 Å². The summed E-state index contributed by atoms with van der Waals surface area (Å²) >= 11 is 0. The molecular weight excluding hydrogens is 402 g/mol. The van der Waals surface area contributed by atoms with Gasteiger partial charge in [-0.1, -0.05) is 36.2 Å². The third-order valence-electron chi connectivity index (χ3n) is 5.12. The van der Waals surface area contributed by atoms with E-state index in [4.69, 9.17) is 0 Å². The second-order valence-corrected chi connectivity index (χ2v) is 9.43. The van der Waals surface area contributed by atoms with Crippen LogP contribution in [0.1, 0.15) is 37.3 Å². The van der Waals surface area contributed by atoms with Gasteiger partial charge in [0.25, 0.3) is 0 Å². The van der Waals surface area contributed by atoms with Gasteiger partial charge in [0.1, 0.15) is 6.04 Å². The lowest BCUT2D eigenvalue weighted by Gasteiger charge is -2.33. The maximum absolute atomic E-state index is 13.1. The van der Waals surface area contributed by atoms with E-state index in [1.54, 1.807) is 36.4 Å². The van der Waals surface area contributed by atoms with Gasteiger partial charge in [0.05, 0.1) is 4.90 Å². The minimum Gasteiger partial charge on any atom is -0.351 e. The first-order chi connectivity index (χ1) is 14.3. The number of hydrogen-bond acceptors (Lipinski definition) is 4. The van der Waals surface area contributed by atoms with E-state index >= 15 is 0 Å². The number of amides is 2. The van der Waals surface area contributed by atoms with Crippen LogP contribution in [-0.4, -0.2) is 37.1 Å². The molecule has 0 spiro atoms. The lowest BCUT2D eigenvalue weighted by atomic mass is 10.0. The first-order valence-electron chi connectivity index (χ1n) is 10.00. The fraction of sp³-hybridized carbons (Fsp3) is 0.364. The van der Waals surface area contributed by atoms with Gasteiger partial charge in [0, 0.05) is 25.7 Å². The van der Waals surface area contributed by atoms with E-state index in [1.165, 1.54) is 11.2 Å². The Hall–Kier alpha value is -2.71. The summed E-state index contributed by atoms with van der Waals surface area (Å²) in [6, 6.07) is 13.1. The Morgan fingerprint density at radius 2 is 1.70 bits per heavy atom. The smallest absolute Gasteiger partial charge is 0.243 e. The zero-order chi connectivity index (χ0) is 21.7. The van der Waals surface area contributed by atoms with Gasteiger partial charge in [-0.05, 0) is 49.6 Å². The number of nitrogens with one attached hydrogen (secondary N) is 2. The minimum atomic E-state index is -3.74. The van der Waals surface area contributed by atoms with Gasteiger partial charge < -0.3 is 10.6 Å². The molecule has 2 aromatic rings. The van der Waals surface area contributed by atoms with Crippen molar-refractivity contribution in [3.05, 3.63) is 59.7 Å². The first kappa shape index (κ1) is 22.0. The lowest BCUT2D eigenvalue weighted by molar-refractivity contribution is -0.125. The van der Waals surface area contributed by atoms with Crippen LogP contribution in [0.5, 0.6) is 0 Å². The molecule has 0 saturated carbocycles. The van der Waals surface area contributed by atoms with Crippen molar-refractivity contribution in [3.8, 4) is 0 Å². The molecule has 0 unspecified atom stereocenters. The van der Waals surface area contributed by atoms with E-state index in [0.29, 0.717) is 18.7 Å². The Morgan fingerprint density at radius 3 is 2.33 bits per heavy atom. The largest absolute Gasteiger partial charge is 0.351 e.